The van der Waals surface area contributed by atoms with E-state index in [0.717, 1.165) is 24.5 Å². The van der Waals surface area contributed by atoms with Crippen LogP contribution in [0.25, 0.3) is 0 Å². The molecule has 1 aromatic rings. The normalized spacial score (nSPS) is 30.1. The van der Waals surface area contributed by atoms with E-state index in [-0.39, 0.29) is 12.4 Å². The maximum absolute atomic E-state index is 5.92. The van der Waals surface area contributed by atoms with E-state index in [1.54, 1.807) is 0 Å². The molecule has 1 unspecified atom stereocenters. The summed E-state index contributed by atoms with van der Waals surface area (Å²) in [7, 11) is 0. The van der Waals surface area contributed by atoms with Crippen molar-refractivity contribution in [3.05, 3.63) is 17.5 Å². The molecule has 2 fully saturated rings. The Labute approximate surface area is 108 Å². The summed E-state index contributed by atoms with van der Waals surface area (Å²) in [6.07, 6.45) is 1.63. The van der Waals surface area contributed by atoms with Gasteiger partial charge in [0.2, 0.25) is 0 Å². The molecule has 1 saturated carbocycles. The number of rotatable bonds is 2. The van der Waals surface area contributed by atoms with Gasteiger partial charge in [-0.1, -0.05) is 0 Å². The standard InChI is InChI=1S/C12H17N3O.ClH/c1-7-3-8(2)15-12(14-7)16-11-9-4-10(11)6-13-5-9;/h3,9-11,13H,4-6H2,1-2H3;1H/t9-,10+,11?;. The van der Waals surface area contributed by atoms with Gasteiger partial charge >= 0.3 is 6.01 Å². The quantitative estimate of drug-likeness (QED) is 0.870. The van der Waals surface area contributed by atoms with E-state index in [0.29, 0.717) is 24.0 Å². The number of ether oxygens (including phenoxy) is 1. The Morgan fingerprint density at radius 1 is 1.18 bits per heavy atom. The van der Waals surface area contributed by atoms with Crippen LogP contribution in [0.4, 0.5) is 0 Å². The molecule has 5 heteroatoms. The number of fused-ring (bicyclic) bond motifs is 2. The number of hydrogen-bond donors (Lipinski definition) is 1. The van der Waals surface area contributed by atoms with Crippen LogP contribution >= 0.6 is 12.4 Å². The Morgan fingerprint density at radius 3 is 2.29 bits per heavy atom. The molecule has 94 valence electrons. The molecule has 3 rings (SSSR count). The van der Waals surface area contributed by atoms with E-state index >= 15 is 0 Å². The van der Waals surface area contributed by atoms with Crippen LogP contribution in [0.2, 0.25) is 0 Å². The summed E-state index contributed by atoms with van der Waals surface area (Å²) in [4.78, 5) is 8.66. The van der Waals surface area contributed by atoms with Crippen molar-refractivity contribution < 1.29 is 4.74 Å². The number of aromatic nitrogens is 2. The summed E-state index contributed by atoms with van der Waals surface area (Å²) in [6.45, 7) is 6.10. The zero-order valence-corrected chi connectivity index (χ0v) is 11.0. The molecule has 2 aliphatic rings. The van der Waals surface area contributed by atoms with Gasteiger partial charge in [-0.25, -0.2) is 9.97 Å². The van der Waals surface area contributed by atoms with Crippen molar-refractivity contribution in [2.24, 2.45) is 11.8 Å². The highest BCUT2D eigenvalue weighted by Gasteiger charge is 2.45. The molecule has 1 N–H and O–H groups in total. The Morgan fingerprint density at radius 2 is 1.76 bits per heavy atom. The second kappa shape index (κ2) is 4.78. The minimum absolute atomic E-state index is 0. The van der Waals surface area contributed by atoms with Crippen molar-refractivity contribution in [3.8, 4) is 6.01 Å². The monoisotopic (exact) mass is 255 g/mol. The zero-order valence-electron chi connectivity index (χ0n) is 10.1. The molecule has 0 amide bonds. The first-order chi connectivity index (χ1) is 7.72. The third-order valence-electron chi connectivity index (χ3n) is 3.55. The molecule has 4 nitrogen and oxygen atoms in total. The molecule has 0 spiro atoms. The smallest absolute Gasteiger partial charge is 0.317 e. The Bertz CT molecular complexity index is 378. The Balaban J connectivity index is 0.00000108. The minimum Gasteiger partial charge on any atom is -0.459 e. The summed E-state index contributed by atoms with van der Waals surface area (Å²) in [5, 5.41) is 3.40. The maximum atomic E-state index is 5.92. The maximum Gasteiger partial charge on any atom is 0.317 e. The lowest BCUT2D eigenvalue weighted by molar-refractivity contribution is -0.0497. The molecule has 1 aliphatic heterocycles. The number of hydrogen-bond acceptors (Lipinski definition) is 4. The van der Waals surface area contributed by atoms with Crippen LogP contribution < -0.4 is 10.1 Å². The second-order valence-electron chi connectivity index (χ2n) is 4.93. The largest absolute Gasteiger partial charge is 0.459 e. The van der Waals surface area contributed by atoms with Gasteiger partial charge in [-0.05, 0) is 26.3 Å². The van der Waals surface area contributed by atoms with E-state index in [1.807, 2.05) is 19.9 Å². The minimum atomic E-state index is 0. The van der Waals surface area contributed by atoms with Gasteiger partial charge in [0.15, 0.2) is 0 Å². The molecule has 1 saturated heterocycles. The van der Waals surface area contributed by atoms with Crippen LogP contribution in [0.5, 0.6) is 6.01 Å². The van der Waals surface area contributed by atoms with Gasteiger partial charge in [0.25, 0.3) is 0 Å². The van der Waals surface area contributed by atoms with Gasteiger partial charge in [0.05, 0.1) is 0 Å². The lowest BCUT2D eigenvalue weighted by Crippen LogP contribution is -2.59. The van der Waals surface area contributed by atoms with Crippen molar-refractivity contribution in [1.29, 1.82) is 0 Å². The van der Waals surface area contributed by atoms with Gasteiger partial charge in [-0.2, -0.15) is 0 Å². The van der Waals surface area contributed by atoms with Crippen molar-refractivity contribution in [1.82, 2.24) is 15.3 Å². The molecule has 0 aromatic carbocycles. The summed E-state index contributed by atoms with van der Waals surface area (Å²) in [5.74, 6) is 1.31. The lowest BCUT2D eigenvalue weighted by Gasteiger charge is -2.48. The molecule has 3 atom stereocenters. The molecular weight excluding hydrogens is 238 g/mol. The van der Waals surface area contributed by atoms with Gasteiger partial charge in [0, 0.05) is 36.3 Å². The highest BCUT2D eigenvalue weighted by Crippen LogP contribution is 2.38. The number of piperidine rings is 2. The zero-order chi connectivity index (χ0) is 11.1. The highest BCUT2D eigenvalue weighted by atomic mass is 35.5. The van der Waals surface area contributed by atoms with Gasteiger partial charge in [0.1, 0.15) is 6.10 Å². The van der Waals surface area contributed by atoms with Crippen LogP contribution in [0.3, 0.4) is 0 Å². The average Bonchev–Trinajstić information content (AvgIpc) is 2.25. The van der Waals surface area contributed by atoms with E-state index in [1.165, 1.54) is 6.42 Å². The second-order valence-corrected chi connectivity index (χ2v) is 4.93. The van der Waals surface area contributed by atoms with Crippen LogP contribution in [0.1, 0.15) is 17.8 Å². The molecule has 0 radical (unpaired) electrons. The fourth-order valence-electron chi connectivity index (χ4n) is 2.76. The van der Waals surface area contributed by atoms with Crippen molar-refractivity contribution in [2.75, 3.05) is 13.1 Å². The van der Waals surface area contributed by atoms with E-state index < -0.39 is 0 Å². The summed E-state index contributed by atoms with van der Waals surface area (Å²) < 4.78 is 5.92. The van der Waals surface area contributed by atoms with Crippen LogP contribution in [-0.4, -0.2) is 29.2 Å². The first kappa shape index (κ1) is 12.6. The predicted octanol–water partition coefficient (Wildman–Crippen LogP) is 1.50. The molecule has 2 bridgehead atoms. The topological polar surface area (TPSA) is 47.0 Å². The lowest BCUT2D eigenvalue weighted by atomic mass is 9.69. The van der Waals surface area contributed by atoms with Crippen LogP contribution in [-0.2, 0) is 0 Å². The highest BCUT2D eigenvalue weighted by molar-refractivity contribution is 5.85. The molecule has 17 heavy (non-hydrogen) atoms. The van der Waals surface area contributed by atoms with Gasteiger partial charge < -0.3 is 10.1 Å². The van der Waals surface area contributed by atoms with Gasteiger partial charge in [-0.15, -0.1) is 12.4 Å². The van der Waals surface area contributed by atoms with Crippen molar-refractivity contribution in [2.45, 2.75) is 26.4 Å². The average molecular weight is 256 g/mol. The van der Waals surface area contributed by atoms with E-state index in [4.69, 9.17) is 4.74 Å². The summed E-state index contributed by atoms with van der Waals surface area (Å²) >= 11 is 0. The van der Waals surface area contributed by atoms with Crippen molar-refractivity contribution >= 4 is 12.4 Å². The number of aryl methyl sites for hydroxylation is 2. The fraction of sp³-hybridized carbons (Fsp3) is 0.667. The number of nitrogens with one attached hydrogen (secondary N) is 1. The first-order valence-corrected chi connectivity index (χ1v) is 5.92. The Hall–Kier alpha value is -0.870. The first-order valence-electron chi connectivity index (χ1n) is 5.92. The van der Waals surface area contributed by atoms with Gasteiger partial charge in [-0.3, -0.25) is 0 Å². The molecular formula is C12H18ClN3O. The van der Waals surface area contributed by atoms with Crippen LogP contribution in [0, 0.1) is 25.7 Å². The van der Waals surface area contributed by atoms with E-state index in [9.17, 15) is 0 Å². The molecule has 1 aromatic heterocycles. The number of nitrogens with zero attached hydrogens (tertiary/aromatic N) is 2. The van der Waals surface area contributed by atoms with E-state index in [2.05, 4.69) is 15.3 Å². The van der Waals surface area contributed by atoms with Crippen molar-refractivity contribution in [3.63, 3.8) is 0 Å². The third kappa shape index (κ3) is 2.38. The third-order valence-corrected chi connectivity index (χ3v) is 3.55. The Kier molecular flexibility index (Phi) is 3.54. The number of halogens is 1. The molecule has 2 heterocycles. The van der Waals surface area contributed by atoms with Crippen LogP contribution in [0.15, 0.2) is 6.07 Å². The summed E-state index contributed by atoms with van der Waals surface area (Å²) in [6, 6.07) is 2.52. The summed E-state index contributed by atoms with van der Waals surface area (Å²) in [5.41, 5.74) is 1.95. The fourth-order valence-corrected chi connectivity index (χ4v) is 2.76. The predicted molar refractivity (Wildman–Crippen MR) is 67.6 cm³/mol. The molecule has 1 aliphatic carbocycles. The SMILES string of the molecule is Cc1cc(C)nc(OC2[C@@H]3CNC[C@H]2C3)n1.Cl.